The van der Waals surface area contributed by atoms with Crippen LogP contribution in [-0.4, -0.2) is 68.8 Å². The second kappa shape index (κ2) is 10.3. The van der Waals surface area contributed by atoms with Gasteiger partial charge in [0.2, 0.25) is 0 Å². The standard InChI is InChI=1S/C15H22N2O5.ClH/c1-20-15(19)16-12-2-4-14(5-3-12)22-11-13(18)10-17-6-8-21-9-7-17;/h2-5,13,18H,6-11H2,1H3,(H,16,19);1H. The molecule has 2 rings (SSSR count). The van der Waals surface area contributed by atoms with Gasteiger partial charge in [-0.05, 0) is 24.3 Å². The molecule has 0 radical (unpaired) electrons. The number of methoxy groups -OCH3 is 1. The first-order chi connectivity index (χ1) is 10.7. The van der Waals surface area contributed by atoms with E-state index >= 15 is 0 Å². The summed E-state index contributed by atoms with van der Waals surface area (Å²) in [6.45, 7) is 3.90. The molecule has 2 N–H and O–H groups in total. The van der Waals surface area contributed by atoms with E-state index in [9.17, 15) is 9.90 Å². The van der Waals surface area contributed by atoms with Gasteiger partial charge in [0, 0.05) is 25.3 Å². The van der Waals surface area contributed by atoms with Crippen LogP contribution in [0.2, 0.25) is 0 Å². The van der Waals surface area contributed by atoms with E-state index in [0.717, 1.165) is 13.1 Å². The maximum absolute atomic E-state index is 11.1. The van der Waals surface area contributed by atoms with E-state index < -0.39 is 12.2 Å². The fraction of sp³-hybridized carbons (Fsp3) is 0.533. The van der Waals surface area contributed by atoms with E-state index in [0.29, 0.717) is 31.2 Å². The molecule has 1 aliphatic heterocycles. The van der Waals surface area contributed by atoms with E-state index in [4.69, 9.17) is 9.47 Å². The van der Waals surface area contributed by atoms with Gasteiger partial charge in [0.05, 0.1) is 20.3 Å². The van der Waals surface area contributed by atoms with Gasteiger partial charge in [-0.3, -0.25) is 10.2 Å². The Bertz CT molecular complexity index is 465. The average Bonchev–Trinajstić information content (AvgIpc) is 2.55. The van der Waals surface area contributed by atoms with Crippen LogP contribution in [0.3, 0.4) is 0 Å². The maximum atomic E-state index is 11.1. The van der Waals surface area contributed by atoms with E-state index in [1.807, 2.05) is 0 Å². The molecule has 0 bridgehead atoms. The highest BCUT2D eigenvalue weighted by atomic mass is 35.5. The zero-order valence-electron chi connectivity index (χ0n) is 13.1. The Balaban J connectivity index is 0.00000264. The van der Waals surface area contributed by atoms with Gasteiger partial charge in [0.1, 0.15) is 18.5 Å². The lowest BCUT2D eigenvalue weighted by Crippen LogP contribution is -2.42. The predicted molar refractivity (Wildman–Crippen MR) is 88.5 cm³/mol. The van der Waals surface area contributed by atoms with Gasteiger partial charge >= 0.3 is 6.09 Å². The van der Waals surface area contributed by atoms with E-state index in [1.165, 1.54) is 7.11 Å². The van der Waals surface area contributed by atoms with Crippen LogP contribution in [0.15, 0.2) is 24.3 Å². The summed E-state index contributed by atoms with van der Waals surface area (Å²) in [5.41, 5.74) is 0.619. The largest absolute Gasteiger partial charge is 0.491 e. The van der Waals surface area contributed by atoms with Crippen molar-refractivity contribution in [1.82, 2.24) is 4.90 Å². The molecule has 7 nitrogen and oxygen atoms in total. The number of β-amino-alcohol motifs (C(OH)–C–C–N with tert-alkyl or cyclic N) is 1. The second-order valence-corrected chi connectivity index (χ2v) is 5.02. The fourth-order valence-corrected chi connectivity index (χ4v) is 2.13. The van der Waals surface area contributed by atoms with Gasteiger partial charge in [-0.25, -0.2) is 4.79 Å². The number of carbonyl (C=O) groups excluding carboxylic acids is 1. The molecule has 1 unspecified atom stereocenters. The number of hydrogen-bond acceptors (Lipinski definition) is 6. The minimum atomic E-state index is -0.550. The number of aliphatic hydroxyl groups excluding tert-OH is 1. The Labute approximate surface area is 141 Å². The molecule has 1 heterocycles. The predicted octanol–water partition coefficient (Wildman–Crippen LogP) is 1.36. The molecule has 1 amide bonds. The molecule has 8 heteroatoms. The van der Waals surface area contributed by atoms with Crippen LogP contribution < -0.4 is 10.1 Å². The van der Waals surface area contributed by atoms with Crippen LogP contribution in [0.25, 0.3) is 0 Å². The summed E-state index contributed by atoms with van der Waals surface area (Å²) in [5, 5.41) is 12.5. The number of anilines is 1. The average molecular weight is 347 g/mol. The molecule has 0 saturated carbocycles. The topological polar surface area (TPSA) is 80.3 Å². The van der Waals surface area contributed by atoms with Gasteiger partial charge in [0.25, 0.3) is 0 Å². The highest BCUT2D eigenvalue weighted by molar-refractivity contribution is 5.85. The maximum Gasteiger partial charge on any atom is 0.411 e. The number of halogens is 1. The zero-order chi connectivity index (χ0) is 15.8. The molecule has 1 aliphatic rings. The van der Waals surface area contributed by atoms with E-state index in [2.05, 4.69) is 15.0 Å². The van der Waals surface area contributed by atoms with Crippen LogP contribution in [-0.2, 0) is 9.47 Å². The Morgan fingerprint density at radius 3 is 2.61 bits per heavy atom. The quantitative estimate of drug-likeness (QED) is 0.809. The van der Waals surface area contributed by atoms with Crippen molar-refractivity contribution < 1.29 is 24.1 Å². The molecule has 1 saturated heterocycles. The van der Waals surface area contributed by atoms with Crippen molar-refractivity contribution >= 4 is 24.2 Å². The monoisotopic (exact) mass is 346 g/mol. The molecule has 0 spiro atoms. The number of aliphatic hydroxyl groups is 1. The SMILES string of the molecule is COC(=O)Nc1ccc(OCC(O)CN2CCOCC2)cc1.Cl. The van der Waals surface area contributed by atoms with Crippen molar-refractivity contribution in [2.45, 2.75) is 6.10 Å². The summed E-state index contributed by atoms with van der Waals surface area (Å²) >= 11 is 0. The highest BCUT2D eigenvalue weighted by Crippen LogP contribution is 2.16. The minimum absolute atomic E-state index is 0. The van der Waals surface area contributed by atoms with Crippen molar-refractivity contribution in [1.29, 1.82) is 0 Å². The summed E-state index contributed by atoms with van der Waals surface area (Å²) in [6.07, 6.45) is -1.07. The third-order valence-corrected chi connectivity index (χ3v) is 3.30. The summed E-state index contributed by atoms with van der Waals surface area (Å²) in [5.74, 6) is 0.636. The Morgan fingerprint density at radius 1 is 1.35 bits per heavy atom. The molecule has 130 valence electrons. The van der Waals surface area contributed by atoms with Gasteiger partial charge in [-0.1, -0.05) is 0 Å². The molecule has 1 atom stereocenters. The van der Waals surface area contributed by atoms with Gasteiger partial charge < -0.3 is 19.3 Å². The smallest absolute Gasteiger partial charge is 0.411 e. The zero-order valence-corrected chi connectivity index (χ0v) is 13.9. The Morgan fingerprint density at radius 2 is 2.00 bits per heavy atom. The molecule has 1 fully saturated rings. The van der Waals surface area contributed by atoms with Gasteiger partial charge in [0.15, 0.2) is 0 Å². The van der Waals surface area contributed by atoms with Crippen molar-refractivity contribution in [2.24, 2.45) is 0 Å². The number of hydrogen-bond donors (Lipinski definition) is 2. The van der Waals surface area contributed by atoms with Crippen molar-refractivity contribution in [2.75, 3.05) is 51.9 Å². The number of rotatable bonds is 6. The third kappa shape index (κ3) is 7.04. The molecular weight excluding hydrogens is 324 g/mol. The number of benzene rings is 1. The Hall–Kier alpha value is -1.54. The fourth-order valence-electron chi connectivity index (χ4n) is 2.13. The summed E-state index contributed by atoms with van der Waals surface area (Å²) in [6, 6.07) is 6.88. The van der Waals surface area contributed by atoms with Crippen molar-refractivity contribution in [3.05, 3.63) is 24.3 Å². The molecule has 23 heavy (non-hydrogen) atoms. The Kier molecular flexibility index (Phi) is 8.71. The number of nitrogens with zero attached hydrogens (tertiary/aromatic N) is 1. The lowest BCUT2D eigenvalue weighted by atomic mass is 10.3. The van der Waals surface area contributed by atoms with Gasteiger partial charge in [-0.2, -0.15) is 0 Å². The lowest BCUT2D eigenvalue weighted by molar-refractivity contribution is 0.00466. The molecular formula is C15H23ClN2O5. The van der Waals surface area contributed by atoms with Crippen LogP contribution >= 0.6 is 12.4 Å². The molecule has 1 aromatic rings. The molecule has 0 aliphatic carbocycles. The van der Waals surface area contributed by atoms with Crippen LogP contribution in [0.4, 0.5) is 10.5 Å². The lowest BCUT2D eigenvalue weighted by Gasteiger charge is -2.28. The first-order valence-corrected chi connectivity index (χ1v) is 7.23. The van der Waals surface area contributed by atoms with Crippen LogP contribution in [0.1, 0.15) is 0 Å². The number of carbonyl (C=O) groups is 1. The normalized spacial score (nSPS) is 16.1. The molecule has 0 aromatic heterocycles. The number of nitrogens with one attached hydrogen (secondary N) is 1. The second-order valence-electron chi connectivity index (χ2n) is 5.02. The van der Waals surface area contributed by atoms with Gasteiger partial charge in [-0.15, -0.1) is 12.4 Å². The first-order valence-electron chi connectivity index (χ1n) is 7.23. The number of ether oxygens (including phenoxy) is 3. The summed E-state index contributed by atoms with van der Waals surface area (Å²) in [7, 11) is 1.31. The summed E-state index contributed by atoms with van der Waals surface area (Å²) < 4.78 is 15.3. The van der Waals surface area contributed by atoms with Crippen molar-refractivity contribution in [3.8, 4) is 5.75 Å². The third-order valence-electron chi connectivity index (χ3n) is 3.30. The first kappa shape index (κ1) is 19.5. The van der Waals surface area contributed by atoms with Crippen LogP contribution in [0.5, 0.6) is 5.75 Å². The van der Waals surface area contributed by atoms with E-state index in [-0.39, 0.29) is 19.0 Å². The van der Waals surface area contributed by atoms with E-state index in [1.54, 1.807) is 24.3 Å². The molecule has 1 aromatic carbocycles. The minimum Gasteiger partial charge on any atom is -0.491 e. The summed E-state index contributed by atoms with van der Waals surface area (Å²) in [4.78, 5) is 13.2. The van der Waals surface area contributed by atoms with Crippen LogP contribution in [0, 0.1) is 0 Å². The van der Waals surface area contributed by atoms with Crippen molar-refractivity contribution in [3.63, 3.8) is 0 Å². The highest BCUT2D eigenvalue weighted by Gasteiger charge is 2.15. The number of morpholine rings is 1. The number of amides is 1.